The maximum Gasteiger partial charge on any atom is 0.238 e. The number of aryl methyl sites for hydroxylation is 2. The topological polar surface area (TPSA) is 50.8 Å². The molecule has 1 amide bonds. The summed E-state index contributed by atoms with van der Waals surface area (Å²) in [6.45, 7) is 8.51. The van der Waals surface area contributed by atoms with E-state index in [0.29, 0.717) is 19.7 Å². The zero-order valence-electron chi connectivity index (χ0n) is 16.0. The van der Waals surface area contributed by atoms with Crippen molar-refractivity contribution in [3.05, 3.63) is 53.6 Å². The average molecular weight is 356 g/mol. The van der Waals surface area contributed by atoms with Crippen LogP contribution in [-0.2, 0) is 4.79 Å². The summed E-state index contributed by atoms with van der Waals surface area (Å²) in [6, 6.07) is 13.5. The number of rotatable bonds is 9. The summed E-state index contributed by atoms with van der Waals surface area (Å²) in [5.74, 6) is 1.60. The Bertz CT molecular complexity index is 693. The molecule has 0 fully saturated rings. The lowest BCUT2D eigenvalue weighted by Gasteiger charge is -2.20. The molecule has 2 aromatic rings. The van der Waals surface area contributed by atoms with Crippen LogP contribution in [0.5, 0.6) is 11.5 Å². The molecule has 0 bridgehead atoms. The first-order chi connectivity index (χ1) is 12.5. The Balaban J connectivity index is 1.79. The number of anilines is 1. The van der Waals surface area contributed by atoms with Crippen LogP contribution in [0.25, 0.3) is 0 Å². The number of nitrogens with zero attached hydrogens (tertiary/aromatic N) is 1. The normalized spacial score (nSPS) is 10.7. The largest absolute Gasteiger partial charge is 0.497 e. The minimum Gasteiger partial charge on any atom is -0.497 e. The van der Waals surface area contributed by atoms with Gasteiger partial charge in [-0.25, -0.2) is 0 Å². The number of amides is 1. The molecule has 0 radical (unpaired) electrons. The summed E-state index contributed by atoms with van der Waals surface area (Å²) in [5.41, 5.74) is 3.13. The Morgan fingerprint density at radius 3 is 2.27 bits per heavy atom. The molecule has 0 saturated carbocycles. The summed E-state index contributed by atoms with van der Waals surface area (Å²) >= 11 is 0. The van der Waals surface area contributed by atoms with E-state index in [2.05, 4.69) is 30.1 Å². The van der Waals surface area contributed by atoms with Gasteiger partial charge in [-0.15, -0.1) is 0 Å². The van der Waals surface area contributed by atoms with Crippen LogP contribution < -0.4 is 14.8 Å². The number of ether oxygens (including phenoxy) is 2. The number of hydrogen-bond acceptors (Lipinski definition) is 4. The fraction of sp³-hybridized carbons (Fsp3) is 0.381. The van der Waals surface area contributed by atoms with Gasteiger partial charge in [-0.05, 0) is 67.9 Å². The van der Waals surface area contributed by atoms with Gasteiger partial charge >= 0.3 is 0 Å². The highest BCUT2D eigenvalue weighted by molar-refractivity contribution is 5.92. The minimum atomic E-state index is -0.0385. The Morgan fingerprint density at radius 2 is 1.69 bits per heavy atom. The van der Waals surface area contributed by atoms with E-state index in [1.165, 1.54) is 11.1 Å². The molecule has 0 aromatic heterocycles. The van der Waals surface area contributed by atoms with Crippen molar-refractivity contribution in [2.45, 2.75) is 20.8 Å². The first kappa shape index (κ1) is 19.8. The highest BCUT2D eigenvalue weighted by Gasteiger charge is 2.10. The average Bonchev–Trinajstić information content (AvgIpc) is 2.60. The fourth-order valence-electron chi connectivity index (χ4n) is 2.74. The highest BCUT2D eigenvalue weighted by Crippen LogP contribution is 2.16. The zero-order valence-corrected chi connectivity index (χ0v) is 16.0. The molecule has 0 spiro atoms. The molecule has 1 N–H and O–H groups in total. The van der Waals surface area contributed by atoms with Gasteiger partial charge in [0.2, 0.25) is 5.91 Å². The van der Waals surface area contributed by atoms with Gasteiger partial charge in [0, 0.05) is 12.2 Å². The van der Waals surface area contributed by atoms with Crippen molar-refractivity contribution >= 4 is 11.6 Å². The number of benzene rings is 2. The molecule has 26 heavy (non-hydrogen) atoms. The van der Waals surface area contributed by atoms with Crippen molar-refractivity contribution in [3.8, 4) is 11.5 Å². The molecule has 0 atom stereocenters. The molecular weight excluding hydrogens is 328 g/mol. The van der Waals surface area contributed by atoms with Gasteiger partial charge in [0.15, 0.2) is 0 Å². The second kappa shape index (κ2) is 9.82. The Hall–Kier alpha value is -2.53. The van der Waals surface area contributed by atoms with Crippen LogP contribution in [0.2, 0.25) is 0 Å². The molecule has 5 nitrogen and oxygen atoms in total. The number of carbonyl (C=O) groups is 1. The van der Waals surface area contributed by atoms with Gasteiger partial charge in [-0.2, -0.15) is 0 Å². The monoisotopic (exact) mass is 356 g/mol. The van der Waals surface area contributed by atoms with Crippen LogP contribution in [0.15, 0.2) is 42.5 Å². The fourth-order valence-corrected chi connectivity index (χ4v) is 2.74. The van der Waals surface area contributed by atoms with E-state index in [1.54, 1.807) is 7.11 Å². The van der Waals surface area contributed by atoms with E-state index in [4.69, 9.17) is 9.47 Å². The molecule has 5 heteroatoms. The second-order valence-electron chi connectivity index (χ2n) is 6.32. The third-order valence-corrected chi connectivity index (χ3v) is 4.06. The number of likely N-dealkylation sites (N-methyl/N-ethyl adjacent to an activating group) is 1. The van der Waals surface area contributed by atoms with Crippen molar-refractivity contribution in [1.29, 1.82) is 0 Å². The molecule has 140 valence electrons. The lowest BCUT2D eigenvalue weighted by atomic mass is 10.1. The van der Waals surface area contributed by atoms with Crippen LogP contribution >= 0.6 is 0 Å². The lowest BCUT2D eigenvalue weighted by Crippen LogP contribution is -2.35. The SMILES string of the molecule is CCN(CCOc1cc(C)cc(C)c1)CC(=O)Nc1ccc(OC)cc1. The summed E-state index contributed by atoms with van der Waals surface area (Å²) in [4.78, 5) is 14.3. The highest BCUT2D eigenvalue weighted by atomic mass is 16.5. The summed E-state index contributed by atoms with van der Waals surface area (Å²) < 4.78 is 11.0. The van der Waals surface area contributed by atoms with Crippen LogP contribution in [0, 0.1) is 13.8 Å². The first-order valence-corrected chi connectivity index (χ1v) is 8.87. The van der Waals surface area contributed by atoms with Crippen molar-refractivity contribution in [2.75, 3.05) is 38.7 Å². The van der Waals surface area contributed by atoms with Crippen LogP contribution in [0.1, 0.15) is 18.1 Å². The van der Waals surface area contributed by atoms with E-state index < -0.39 is 0 Å². The Kier molecular flexibility index (Phi) is 7.48. The smallest absolute Gasteiger partial charge is 0.238 e. The van der Waals surface area contributed by atoms with Crippen molar-refractivity contribution in [1.82, 2.24) is 4.90 Å². The molecule has 0 aliphatic rings. The quantitative estimate of drug-likeness (QED) is 0.745. The van der Waals surface area contributed by atoms with Gasteiger partial charge in [0.05, 0.1) is 13.7 Å². The van der Waals surface area contributed by atoms with E-state index in [-0.39, 0.29) is 5.91 Å². The molecule has 0 unspecified atom stereocenters. The third kappa shape index (κ3) is 6.41. The van der Waals surface area contributed by atoms with E-state index in [9.17, 15) is 4.79 Å². The summed E-state index contributed by atoms with van der Waals surface area (Å²) in [7, 11) is 1.62. The zero-order chi connectivity index (χ0) is 18.9. The summed E-state index contributed by atoms with van der Waals surface area (Å²) in [5, 5.41) is 2.90. The number of nitrogens with one attached hydrogen (secondary N) is 1. The Morgan fingerprint density at radius 1 is 1.04 bits per heavy atom. The third-order valence-electron chi connectivity index (χ3n) is 4.06. The number of hydrogen-bond donors (Lipinski definition) is 1. The number of methoxy groups -OCH3 is 1. The Labute approximate surface area is 155 Å². The predicted molar refractivity (Wildman–Crippen MR) is 105 cm³/mol. The first-order valence-electron chi connectivity index (χ1n) is 8.87. The van der Waals surface area contributed by atoms with Gasteiger partial charge in [0.25, 0.3) is 0 Å². The number of carbonyl (C=O) groups excluding carboxylic acids is 1. The molecule has 0 aliphatic heterocycles. The van der Waals surface area contributed by atoms with E-state index >= 15 is 0 Å². The van der Waals surface area contributed by atoms with Gasteiger partial charge < -0.3 is 14.8 Å². The molecular formula is C21H28N2O3. The standard InChI is InChI=1S/C21H28N2O3/c1-5-23(10-11-26-20-13-16(2)12-17(3)14-20)15-21(24)22-18-6-8-19(25-4)9-7-18/h6-9,12-14H,5,10-11,15H2,1-4H3,(H,22,24). The van der Waals surface area contributed by atoms with E-state index in [1.807, 2.05) is 43.3 Å². The van der Waals surface area contributed by atoms with Gasteiger partial charge in [-0.1, -0.05) is 13.0 Å². The summed E-state index contributed by atoms with van der Waals surface area (Å²) in [6.07, 6.45) is 0. The lowest BCUT2D eigenvalue weighted by molar-refractivity contribution is -0.117. The van der Waals surface area contributed by atoms with E-state index in [0.717, 1.165) is 23.7 Å². The van der Waals surface area contributed by atoms with Crippen LogP contribution in [0.4, 0.5) is 5.69 Å². The second-order valence-corrected chi connectivity index (χ2v) is 6.32. The molecule has 0 saturated heterocycles. The van der Waals surface area contributed by atoms with Crippen molar-refractivity contribution < 1.29 is 14.3 Å². The maximum atomic E-state index is 12.2. The molecule has 2 rings (SSSR count). The van der Waals surface area contributed by atoms with Gasteiger partial charge in [0.1, 0.15) is 18.1 Å². The maximum absolute atomic E-state index is 12.2. The van der Waals surface area contributed by atoms with Crippen molar-refractivity contribution in [2.24, 2.45) is 0 Å². The van der Waals surface area contributed by atoms with Crippen LogP contribution in [0.3, 0.4) is 0 Å². The van der Waals surface area contributed by atoms with Crippen LogP contribution in [-0.4, -0.2) is 44.2 Å². The predicted octanol–water partition coefficient (Wildman–Crippen LogP) is 3.65. The molecule has 0 heterocycles. The molecule has 2 aromatic carbocycles. The van der Waals surface area contributed by atoms with Crippen molar-refractivity contribution in [3.63, 3.8) is 0 Å². The minimum absolute atomic E-state index is 0.0385. The molecule has 0 aliphatic carbocycles. The van der Waals surface area contributed by atoms with Gasteiger partial charge in [-0.3, -0.25) is 9.69 Å².